The summed E-state index contributed by atoms with van der Waals surface area (Å²) in [6.07, 6.45) is 1.14. The summed E-state index contributed by atoms with van der Waals surface area (Å²) in [7, 11) is -8.33. The fourth-order valence-electron chi connectivity index (χ4n) is 3.24. The molecule has 0 bridgehead atoms. The third kappa shape index (κ3) is 7.69. The number of carbonyl (C=O) groups is 1. The average molecular weight is 575 g/mol. The van der Waals surface area contributed by atoms with E-state index >= 15 is 0 Å². The van der Waals surface area contributed by atoms with E-state index in [1.807, 2.05) is 6.92 Å². The number of nitrogens with one attached hydrogen (secondary N) is 2. The van der Waals surface area contributed by atoms with Crippen molar-refractivity contribution >= 4 is 38.0 Å². The molecule has 0 aliphatic heterocycles. The van der Waals surface area contributed by atoms with Crippen molar-refractivity contribution < 1.29 is 30.7 Å². The number of hydrazone groups is 1. The summed E-state index contributed by atoms with van der Waals surface area (Å²) < 4.78 is 58.5. The van der Waals surface area contributed by atoms with Crippen LogP contribution < -0.4 is 14.3 Å². The Kier molecular flexibility index (Phi) is 9.16. The van der Waals surface area contributed by atoms with Gasteiger partial charge in [0.05, 0.1) is 16.0 Å². The molecule has 12 nitrogen and oxygen atoms in total. The van der Waals surface area contributed by atoms with Crippen LogP contribution in [0.1, 0.15) is 25.0 Å². The molecular formula is C25H26N4O8S2. The maximum atomic E-state index is 12.8. The molecule has 3 rings (SSSR count). The van der Waals surface area contributed by atoms with E-state index in [1.165, 1.54) is 30.3 Å². The summed E-state index contributed by atoms with van der Waals surface area (Å²) in [6.45, 7) is 5.15. The zero-order valence-electron chi connectivity index (χ0n) is 21.1. The van der Waals surface area contributed by atoms with Crippen LogP contribution in [0.15, 0.2) is 87.7 Å². The van der Waals surface area contributed by atoms with Gasteiger partial charge in [0.2, 0.25) is 10.0 Å². The van der Waals surface area contributed by atoms with Crippen LogP contribution in [0.25, 0.3) is 0 Å². The molecule has 14 heteroatoms. The van der Waals surface area contributed by atoms with Gasteiger partial charge in [0.1, 0.15) is 10.9 Å². The minimum Gasteiger partial charge on any atom is -0.378 e. The number of rotatable bonds is 11. The number of nitrogens with zero attached hydrogens (tertiary/aromatic N) is 2. The Morgan fingerprint density at radius 3 is 2.13 bits per heavy atom. The molecule has 206 valence electrons. The Hall–Kier alpha value is -4.14. The Morgan fingerprint density at radius 2 is 1.54 bits per heavy atom. The number of carbonyl (C=O) groups excluding carboxylic acids is 1. The molecular weight excluding hydrogens is 548 g/mol. The van der Waals surface area contributed by atoms with E-state index in [2.05, 4.69) is 15.2 Å². The third-order valence-corrected chi connectivity index (χ3v) is 8.10. The minimum atomic E-state index is -4.34. The van der Waals surface area contributed by atoms with Crippen molar-refractivity contribution in [2.45, 2.75) is 36.6 Å². The zero-order chi connectivity index (χ0) is 28.8. The number of amides is 1. The largest absolute Gasteiger partial charge is 0.378 e. The number of hydrogen-bond donors (Lipinski definition) is 2. The van der Waals surface area contributed by atoms with Crippen LogP contribution in [-0.4, -0.2) is 39.9 Å². The molecule has 0 saturated heterocycles. The van der Waals surface area contributed by atoms with E-state index in [0.717, 1.165) is 36.0 Å². The second kappa shape index (κ2) is 12.1. The molecule has 0 saturated carbocycles. The molecule has 1 amide bonds. The number of non-ortho nitro benzene ring substituents is 1. The third-order valence-electron chi connectivity index (χ3n) is 5.40. The first-order valence-corrected chi connectivity index (χ1v) is 14.4. The molecule has 0 heterocycles. The van der Waals surface area contributed by atoms with Crippen LogP contribution in [0.4, 0.5) is 5.69 Å². The van der Waals surface area contributed by atoms with Gasteiger partial charge in [-0.2, -0.15) is 18.2 Å². The van der Waals surface area contributed by atoms with Gasteiger partial charge in [-0.1, -0.05) is 43.7 Å². The van der Waals surface area contributed by atoms with Crippen LogP contribution in [-0.2, 0) is 24.9 Å². The fourth-order valence-corrected chi connectivity index (χ4v) is 5.54. The molecule has 2 N–H and O–H groups in total. The van der Waals surface area contributed by atoms with E-state index in [1.54, 1.807) is 32.0 Å². The van der Waals surface area contributed by atoms with Crippen molar-refractivity contribution in [3.05, 3.63) is 94.0 Å². The number of benzene rings is 3. The number of nitro groups is 1. The lowest BCUT2D eigenvalue weighted by Gasteiger charge is -2.20. The van der Waals surface area contributed by atoms with Gasteiger partial charge in [-0.3, -0.25) is 14.9 Å². The molecule has 0 aliphatic rings. The van der Waals surface area contributed by atoms with Crippen molar-refractivity contribution in [2.24, 2.45) is 11.0 Å². The van der Waals surface area contributed by atoms with Gasteiger partial charge in [-0.05, 0) is 49.2 Å². The second-order valence-corrected chi connectivity index (χ2v) is 12.0. The molecule has 3 aromatic carbocycles. The molecule has 0 spiro atoms. The SMILES string of the molecule is Cc1ccc(S(=O)(=O)N[C@H](C(=O)N/N=C\c2ccccc2OS(=O)(=O)c2ccc([N+](=O)[O-])cc2)C(C)C)cc1. The van der Waals surface area contributed by atoms with E-state index in [9.17, 15) is 31.7 Å². The van der Waals surface area contributed by atoms with Crippen LogP contribution in [0, 0.1) is 23.0 Å². The second-order valence-electron chi connectivity index (χ2n) is 8.72. The van der Waals surface area contributed by atoms with Gasteiger partial charge in [0.15, 0.2) is 5.75 Å². The number of aryl methyl sites for hydroxylation is 1. The van der Waals surface area contributed by atoms with Crippen LogP contribution in [0.3, 0.4) is 0 Å². The monoisotopic (exact) mass is 574 g/mol. The molecule has 0 aliphatic carbocycles. The number of sulfonamides is 1. The summed E-state index contributed by atoms with van der Waals surface area (Å²) in [6, 6.07) is 15.1. The zero-order valence-corrected chi connectivity index (χ0v) is 22.8. The van der Waals surface area contributed by atoms with E-state index in [4.69, 9.17) is 4.18 Å². The summed E-state index contributed by atoms with van der Waals surface area (Å²) in [5.74, 6) is -1.27. The summed E-state index contributed by atoms with van der Waals surface area (Å²) in [4.78, 5) is 22.7. The first kappa shape index (κ1) is 29.4. The molecule has 0 aromatic heterocycles. The highest BCUT2D eigenvalue weighted by Gasteiger charge is 2.28. The highest BCUT2D eigenvalue weighted by atomic mass is 32.2. The Labute approximate surface area is 226 Å². The summed E-state index contributed by atoms with van der Waals surface area (Å²) in [5.41, 5.74) is 3.06. The summed E-state index contributed by atoms with van der Waals surface area (Å²) in [5, 5.41) is 14.7. The number of nitro benzene ring substituents is 1. The Morgan fingerprint density at radius 1 is 0.949 bits per heavy atom. The molecule has 0 unspecified atom stereocenters. The molecule has 0 fully saturated rings. The van der Waals surface area contributed by atoms with Crippen LogP contribution >= 0.6 is 0 Å². The van der Waals surface area contributed by atoms with E-state index < -0.39 is 42.9 Å². The highest BCUT2D eigenvalue weighted by molar-refractivity contribution is 7.89. The van der Waals surface area contributed by atoms with Gasteiger partial charge in [-0.15, -0.1) is 0 Å². The lowest BCUT2D eigenvalue weighted by Crippen LogP contribution is -2.48. The van der Waals surface area contributed by atoms with Crippen molar-refractivity contribution in [3.63, 3.8) is 0 Å². The Bertz CT molecular complexity index is 1590. The van der Waals surface area contributed by atoms with Gasteiger partial charge in [-0.25, -0.2) is 13.8 Å². The maximum absolute atomic E-state index is 12.8. The summed E-state index contributed by atoms with van der Waals surface area (Å²) >= 11 is 0. The lowest BCUT2D eigenvalue weighted by molar-refractivity contribution is -0.384. The minimum absolute atomic E-state index is 0.00959. The lowest BCUT2D eigenvalue weighted by atomic mass is 10.1. The van der Waals surface area contributed by atoms with E-state index in [-0.39, 0.29) is 26.8 Å². The van der Waals surface area contributed by atoms with Crippen molar-refractivity contribution in [3.8, 4) is 5.75 Å². The maximum Gasteiger partial charge on any atom is 0.339 e. The first-order chi connectivity index (χ1) is 18.3. The smallest absolute Gasteiger partial charge is 0.339 e. The number of para-hydroxylation sites is 1. The first-order valence-electron chi connectivity index (χ1n) is 11.5. The van der Waals surface area contributed by atoms with Gasteiger partial charge < -0.3 is 4.18 Å². The van der Waals surface area contributed by atoms with Crippen molar-refractivity contribution in [2.75, 3.05) is 0 Å². The standard InChI is InChI=1S/C25H26N4O8S2/c1-17(2)24(28-38(33,34)21-12-8-18(3)9-13-21)25(30)27-26-16-19-6-4-5-7-23(19)37-39(35,36)22-14-10-20(11-15-22)29(31)32/h4-17,24,28H,1-3H3,(H,27,30)/b26-16-/t24-/m0/s1. The predicted molar refractivity (Wildman–Crippen MR) is 143 cm³/mol. The van der Waals surface area contributed by atoms with Crippen LogP contribution in [0.5, 0.6) is 5.75 Å². The topological polar surface area (TPSA) is 174 Å². The Balaban J connectivity index is 1.74. The highest BCUT2D eigenvalue weighted by Crippen LogP contribution is 2.23. The molecule has 1 atom stereocenters. The van der Waals surface area contributed by atoms with Gasteiger partial charge in [0, 0.05) is 17.7 Å². The average Bonchev–Trinajstić information content (AvgIpc) is 2.88. The molecule has 3 aromatic rings. The predicted octanol–water partition coefficient (Wildman–Crippen LogP) is 3.12. The van der Waals surface area contributed by atoms with E-state index in [0.29, 0.717) is 0 Å². The fraction of sp³-hybridized carbons (Fsp3) is 0.200. The van der Waals surface area contributed by atoms with Gasteiger partial charge in [0.25, 0.3) is 11.6 Å². The number of hydrogen-bond acceptors (Lipinski definition) is 9. The van der Waals surface area contributed by atoms with Crippen molar-refractivity contribution in [1.82, 2.24) is 10.1 Å². The molecule has 39 heavy (non-hydrogen) atoms. The molecule has 0 radical (unpaired) electrons. The van der Waals surface area contributed by atoms with Crippen LogP contribution in [0.2, 0.25) is 0 Å². The normalized spacial score (nSPS) is 12.8. The van der Waals surface area contributed by atoms with Gasteiger partial charge >= 0.3 is 10.1 Å². The van der Waals surface area contributed by atoms with Crippen molar-refractivity contribution in [1.29, 1.82) is 0 Å². The quantitative estimate of drug-likeness (QED) is 0.152.